The molecule has 0 radical (unpaired) electrons. The molecule has 4 heteroatoms. The number of rotatable bonds is 1. The minimum absolute atomic E-state index is 0.0541. The molecule has 1 N–H and O–H groups in total. The smallest absolute Gasteiger partial charge is 0.407 e. The summed E-state index contributed by atoms with van der Waals surface area (Å²) in [4.78, 5) is 11.9. The summed E-state index contributed by atoms with van der Waals surface area (Å²) in [5, 5.41) is 3.01. The summed E-state index contributed by atoms with van der Waals surface area (Å²) in [6.07, 6.45) is 10.2. The van der Waals surface area contributed by atoms with Crippen molar-refractivity contribution in [2.24, 2.45) is 0 Å². The average molecular weight is 281 g/mol. The number of carbonyl (C=O) groups is 1. The van der Waals surface area contributed by atoms with Gasteiger partial charge in [0.05, 0.1) is 12.2 Å². The molecule has 0 aromatic heterocycles. The Labute approximate surface area is 121 Å². The summed E-state index contributed by atoms with van der Waals surface area (Å²) in [6, 6.07) is 0.164. The number of amides is 1. The van der Waals surface area contributed by atoms with Crippen molar-refractivity contribution in [3.05, 3.63) is 12.2 Å². The van der Waals surface area contributed by atoms with Crippen LogP contribution in [0.15, 0.2) is 12.2 Å². The van der Waals surface area contributed by atoms with Gasteiger partial charge in [-0.25, -0.2) is 4.79 Å². The number of nitrogens with one attached hydrogen (secondary N) is 1. The molecule has 2 atom stereocenters. The van der Waals surface area contributed by atoms with Gasteiger partial charge < -0.3 is 14.8 Å². The van der Waals surface area contributed by atoms with Crippen molar-refractivity contribution < 1.29 is 14.3 Å². The molecule has 1 amide bonds. The van der Waals surface area contributed by atoms with E-state index in [4.69, 9.17) is 9.47 Å². The van der Waals surface area contributed by atoms with Crippen molar-refractivity contribution in [1.82, 2.24) is 5.32 Å². The third kappa shape index (κ3) is 4.51. The fourth-order valence-electron chi connectivity index (χ4n) is 3.11. The first-order chi connectivity index (χ1) is 9.39. The molecule has 1 aliphatic carbocycles. The molecule has 0 aromatic carbocycles. The largest absolute Gasteiger partial charge is 0.444 e. The molecule has 0 aromatic rings. The highest BCUT2D eigenvalue weighted by Crippen LogP contribution is 2.37. The van der Waals surface area contributed by atoms with Crippen molar-refractivity contribution in [1.29, 1.82) is 0 Å². The lowest BCUT2D eigenvalue weighted by Crippen LogP contribution is -2.48. The SMILES string of the molecule is CC(C)(C)OC(=O)N[C@H]1CCC[C@@]2(CCC=CCO2)C1. The average Bonchev–Trinajstić information content (AvgIpc) is 2.52. The zero-order valence-corrected chi connectivity index (χ0v) is 12.9. The van der Waals surface area contributed by atoms with E-state index in [1.54, 1.807) is 0 Å². The van der Waals surface area contributed by atoms with E-state index in [2.05, 4.69) is 17.5 Å². The number of alkyl carbamates (subject to hydrolysis) is 1. The Morgan fingerprint density at radius 3 is 2.90 bits per heavy atom. The summed E-state index contributed by atoms with van der Waals surface area (Å²) < 4.78 is 11.4. The Bertz CT molecular complexity index is 360. The third-order valence-electron chi connectivity index (χ3n) is 3.94. The Kier molecular flexibility index (Phi) is 4.74. The van der Waals surface area contributed by atoms with Gasteiger partial charge in [-0.2, -0.15) is 0 Å². The molecule has 1 aliphatic heterocycles. The van der Waals surface area contributed by atoms with E-state index in [0.29, 0.717) is 6.61 Å². The minimum atomic E-state index is -0.445. The van der Waals surface area contributed by atoms with E-state index in [1.807, 2.05) is 20.8 Å². The van der Waals surface area contributed by atoms with Crippen LogP contribution >= 0.6 is 0 Å². The van der Waals surface area contributed by atoms with Gasteiger partial charge in [0.2, 0.25) is 0 Å². The minimum Gasteiger partial charge on any atom is -0.444 e. The van der Waals surface area contributed by atoms with E-state index in [1.165, 1.54) is 0 Å². The van der Waals surface area contributed by atoms with Crippen LogP contribution in [-0.2, 0) is 9.47 Å². The lowest BCUT2D eigenvalue weighted by Gasteiger charge is -2.40. The van der Waals surface area contributed by atoms with Crippen molar-refractivity contribution in [2.45, 2.75) is 76.5 Å². The number of allylic oxidation sites excluding steroid dienone is 1. The second-order valence-electron chi connectivity index (χ2n) is 6.94. The fraction of sp³-hybridized carbons (Fsp3) is 0.812. The van der Waals surface area contributed by atoms with Gasteiger partial charge >= 0.3 is 6.09 Å². The van der Waals surface area contributed by atoms with Crippen LogP contribution in [0.4, 0.5) is 4.79 Å². The Morgan fingerprint density at radius 2 is 2.15 bits per heavy atom. The second kappa shape index (κ2) is 6.17. The van der Waals surface area contributed by atoms with E-state index >= 15 is 0 Å². The summed E-state index contributed by atoms with van der Waals surface area (Å²) in [5.41, 5.74) is -0.499. The van der Waals surface area contributed by atoms with Gasteiger partial charge in [-0.15, -0.1) is 0 Å². The van der Waals surface area contributed by atoms with E-state index in [0.717, 1.165) is 38.5 Å². The predicted molar refractivity (Wildman–Crippen MR) is 78.7 cm³/mol. The monoisotopic (exact) mass is 281 g/mol. The molecule has 0 unspecified atom stereocenters. The first-order valence-corrected chi connectivity index (χ1v) is 7.67. The van der Waals surface area contributed by atoms with Crippen LogP contribution in [0.25, 0.3) is 0 Å². The van der Waals surface area contributed by atoms with Crippen molar-refractivity contribution >= 4 is 6.09 Å². The standard InChI is InChI=1S/C16H27NO3/c1-15(2,3)20-14(18)17-13-8-7-10-16(12-13)9-5-4-6-11-19-16/h4,6,13H,5,7-12H2,1-3H3,(H,17,18)/t13-,16-/m0/s1. The van der Waals surface area contributed by atoms with E-state index in [-0.39, 0.29) is 17.7 Å². The maximum Gasteiger partial charge on any atom is 0.407 e. The van der Waals surface area contributed by atoms with Crippen LogP contribution in [0.2, 0.25) is 0 Å². The molecular weight excluding hydrogens is 254 g/mol. The van der Waals surface area contributed by atoms with E-state index < -0.39 is 5.60 Å². The second-order valence-corrected chi connectivity index (χ2v) is 6.94. The lowest BCUT2D eigenvalue weighted by molar-refractivity contribution is -0.0673. The number of ether oxygens (including phenoxy) is 2. The zero-order valence-electron chi connectivity index (χ0n) is 12.9. The molecule has 1 saturated carbocycles. The summed E-state index contributed by atoms with van der Waals surface area (Å²) in [7, 11) is 0. The molecule has 1 spiro atoms. The highest BCUT2D eigenvalue weighted by Gasteiger charge is 2.38. The molecular formula is C16H27NO3. The number of hydrogen-bond donors (Lipinski definition) is 1. The molecule has 20 heavy (non-hydrogen) atoms. The van der Waals surface area contributed by atoms with E-state index in [9.17, 15) is 4.79 Å². The Balaban J connectivity index is 1.88. The number of hydrogen-bond acceptors (Lipinski definition) is 3. The Morgan fingerprint density at radius 1 is 1.35 bits per heavy atom. The fourth-order valence-corrected chi connectivity index (χ4v) is 3.11. The molecule has 0 bridgehead atoms. The predicted octanol–water partition coefficient (Wildman–Crippen LogP) is 3.56. The van der Waals surface area contributed by atoms with Gasteiger partial charge in [0.15, 0.2) is 0 Å². The molecule has 1 heterocycles. The topological polar surface area (TPSA) is 47.6 Å². The molecule has 2 rings (SSSR count). The third-order valence-corrected chi connectivity index (χ3v) is 3.94. The summed E-state index contributed by atoms with van der Waals surface area (Å²) in [5.74, 6) is 0. The van der Waals surface area contributed by atoms with Gasteiger partial charge in [0.1, 0.15) is 5.60 Å². The zero-order chi connectivity index (χ0) is 14.6. The highest BCUT2D eigenvalue weighted by molar-refractivity contribution is 5.68. The molecule has 114 valence electrons. The van der Waals surface area contributed by atoms with Crippen LogP contribution < -0.4 is 5.32 Å². The summed E-state index contributed by atoms with van der Waals surface area (Å²) in [6.45, 7) is 6.35. The van der Waals surface area contributed by atoms with Crippen molar-refractivity contribution in [3.63, 3.8) is 0 Å². The first kappa shape index (κ1) is 15.4. The van der Waals surface area contributed by atoms with Gasteiger partial charge in [-0.05, 0) is 59.3 Å². The molecule has 0 saturated heterocycles. The van der Waals surface area contributed by atoms with Gasteiger partial charge in [0.25, 0.3) is 0 Å². The maximum atomic E-state index is 11.9. The van der Waals surface area contributed by atoms with Gasteiger partial charge in [0, 0.05) is 6.04 Å². The first-order valence-electron chi connectivity index (χ1n) is 7.67. The van der Waals surface area contributed by atoms with Crippen molar-refractivity contribution in [3.8, 4) is 0 Å². The molecule has 1 fully saturated rings. The highest BCUT2D eigenvalue weighted by atomic mass is 16.6. The van der Waals surface area contributed by atoms with Crippen LogP contribution in [0, 0.1) is 0 Å². The van der Waals surface area contributed by atoms with Crippen LogP contribution in [0.1, 0.15) is 59.3 Å². The van der Waals surface area contributed by atoms with Crippen LogP contribution in [-0.4, -0.2) is 29.9 Å². The Hall–Kier alpha value is -1.03. The number of carbonyl (C=O) groups excluding carboxylic acids is 1. The van der Waals surface area contributed by atoms with Crippen LogP contribution in [0.5, 0.6) is 0 Å². The van der Waals surface area contributed by atoms with Gasteiger partial charge in [-0.3, -0.25) is 0 Å². The molecule has 2 aliphatic rings. The maximum absolute atomic E-state index is 11.9. The molecule has 4 nitrogen and oxygen atoms in total. The lowest BCUT2D eigenvalue weighted by atomic mass is 9.79. The van der Waals surface area contributed by atoms with Gasteiger partial charge in [-0.1, -0.05) is 12.2 Å². The quantitative estimate of drug-likeness (QED) is 0.748. The van der Waals surface area contributed by atoms with Crippen molar-refractivity contribution in [2.75, 3.05) is 6.61 Å². The van der Waals surface area contributed by atoms with Crippen LogP contribution in [0.3, 0.4) is 0 Å². The summed E-state index contributed by atoms with van der Waals surface area (Å²) >= 11 is 0. The normalized spacial score (nSPS) is 30.9.